The van der Waals surface area contributed by atoms with Crippen LogP contribution in [0.2, 0.25) is 0 Å². The molecule has 2 aromatic carbocycles. The third-order valence-electron chi connectivity index (χ3n) is 6.26. The molecule has 0 amide bonds. The molecule has 6 heteroatoms. The molecule has 1 fully saturated rings. The summed E-state index contributed by atoms with van der Waals surface area (Å²) in [6.45, 7) is 4.51. The number of nitrogens with zero attached hydrogens (tertiary/aromatic N) is 4. The molecular formula is C26H28N4S2. The number of thioether (sulfide) groups is 1. The van der Waals surface area contributed by atoms with E-state index in [1.165, 1.54) is 36.8 Å². The molecular weight excluding hydrogens is 432 g/mol. The predicted molar refractivity (Wildman–Crippen MR) is 134 cm³/mol. The highest BCUT2D eigenvalue weighted by Crippen LogP contribution is 2.39. The SMILES string of the molecule is Cc1cccc(-c2nnc(SCc3csc(-c4ccccc4)n3)n2[C@H]2CCCC[C@@H]2C)c1. The van der Waals surface area contributed by atoms with Gasteiger partial charge in [-0.25, -0.2) is 4.98 Å². The lowest BCUT2D eigenvalue weighted by atomic mass is 9.85. The number of rotatable bonds is 6. The van der Waals surface area contributed by atoms with Crippen molar-refractivity contribution >= 4 is 23.1 Å². The van der Waals surface area contributed by atoms with Crippen LogP contribution in [0.3, 0.4) is 0 Å². The van der Waals surface area contributed by atoms with Crippen LogP contribution in [0.4, 0.5) is 0 Å². The molecule has 4 nitrogen and oxygen atoms in total. The third-order valence-corrected chi connectivity index (χ3v) is 8.18. The summed E-state index contributed by atoms with van der Waals surface area (Å²) in [6.07, 6.45) is 5.06. The van der Waals surface area contributed by atoms with Gasteiger partial charge in [0, 0.05) is 28.3 Å². The summed E-state index contributed by atoms with van der Waals surface area (Å²) in [5.41, 5.74) is 4.68. The molecule has 0 N–H and O–H groups in total. The van der Waals surface area contributed by atoms with Gasteiger partial charge in [0.25, 0.3) is 0 Å². The van der Waals surface area contributed by atoms with Crippen LogP contribution in [-0.2, 0) is 5.75 Å². The van der Waals surface area contributed by atoms with Crippen LogP contribution in [0.1, 0.15) is 49.9 Å². The van der Waals surface area contributed by atoms with E-state index < -0.39 is 0 Å². The standard InChI is InChI=1S/C26H28N4S2/c1-18-9-8-13-21(15-18)24-28-29-26(30(24)23-14-7-6-10-19(23)2)32-17-22-16-31-25(27-22)20-11-4-3-5-12-20/h3-5,8-9,11-13,15-16,19,23H,6-7,10,14,17H2,1-2H3/t19-,23-/m0/s1. The van der Waals surface area contributed by atoms with Crippen molar-refractivity contribution in [3.05, 3.63) is 71.2 Å². The number of hydrogen-bond acceptors (Lipinski definition) is 5. The maximum absolute atomic E-state index is 4.87. The number of hydrogen-bond donors (Lipinski definition) is 0. The Morgan fingerprint density at radius 1 is 1.00 bits per heavy atom. The van der Waals surface area contributed by atoms with Crippen molar-refractivity contribution in [3.8, 4) is 22.0 Å². The first-order valence-corrected chi connectivity index (χ1v) is 13.2. The van der Waals surface area contributed by atoms with Gasteiger partial charge in [0.15, 0.2) is 11.0 Å². The van der Waals surface area contributed by atoms with E-state index in [2.05, 4.69) is 82.5 Å². The zero-order valence-corrected chi connectivity index (χ0v) is 20.2. The summed E-state index contributed by atoms with van der Waals surface area (Å²) in [4.78, 5) is 4.87. The summed E-state index contributed by atoms with van der Waals surface area (Å²) < 4.78 is 2.42. The molecule has 1 saturated carbocycles. The Labute approximate surface area is 198 Å². The van der Waals surface area contributed by atoms with E-state index in [9.17, 15) is 0 Å². The van der Waals surface area contributed by atoms with E-state index in [0.717, 1.165) is 33.0 Å². The zero-order chi connectivity index (χ0) is 21.9. The molecule has 164 valence electrons. The molecule has 1 aliphatic rings. The van der Waals surface area contributed by atoms with Crippen LogP contribution in [0, 0.1) is 12.8 Å². The first-order valence-electron chi connectivity index (χ1n) is 11.3. The van der Waals surface area contributed by atoms with Gasteiger partial charge in [-0.05, 0) is 31.7 Å². The Hall–Kier alpha value is -2.44. The highest BCUT2D eigenvalue weighted by molar-refractivity contribution is 7.98. The van der Waals surface area contributed by atoms with E-state index in [-0.39, 0.29) is 0 Å². The van der Waals surface area contributed by atoms with Gasteiger partial charge in [0.05, 0.1) is 5.69 Å². The highest BCUT2D eigenvalue weighted by Gasteiger charge is 2.28. The molecule has 2 atom stereocenters. The molecule has 0 saturated heterocycles. The fraction of sp³-hybridized carbons (Fsp3) is 0.346. The number of aryl methyl sites for hydroxylation is 1. The Morgan fingerprint density at radius 2 is 1.81 bits per heavy atom. The molecule has 4 aromatic rings. The maximum Gasteiger partial charge on any atom is 0.192 e. The van der Waals surface area contributed by atoms with Crippen LogP contribution in [0.5, 0.6) is 0 Å². The Morgan fingerprint density at radius 3 is 2.62 bits per heavy atom. The summed E-state index contributed by atoms with van der Waals surface area (Å²) in [5.74, 6) is 2.43. The highest BCUT2D eigenvalue weighted by atomic mass is 32.2. The average molecular weight is 461 g/mol. The second-order valence-electron chi connectivity index (χ2n) is 8.67. The second kappa shape index (κ2) is 9.59. The Balaban J connectivity index is 1.43. The summed E-state index contributed by atoms with van der Waals surface area (Å²) in [6, 6.07) is 19.5. The molecule has 2 aromatic heterocycles. The molecule has 0 aliphatic heterocycles. The fourth-order valence-electron chi connectivity index (χ4n) is 4.56. The van der Waals surface area contributed by atoms with Crippen molar-refractivity contribution < 1.29 is 0 Å². The molecule has 0 unspecified atom stereocenters. The Bertz CT molecular complexity index is 1180. The van der Waals surface area contributed by atoms with Gasteiger partial charge in [-0.15, -0.1) is 21.5 Å². The minimum Gasteiger partial charge on any atom is -0.299 e. The van der Waals surface area contributed by atoms with E-state index in [1.807, 2.05) is 6.07 Å². The summed E-state index contributed by atoms with van der Waals surface area (Å²) >= 11 is 3.46. The zero-order valence-electron chi connectivity index (χ0n) is 18.6. The quantitative estimate of drug-likeness (QED) is 0.281. The third kappa shape index (κ3) is 4.52. The number of benzene rings is 2. The van der Waals surface area contributed by atoms with E-state index >= 15 is 0 Å². The minimum absolute atomic E-state index is 0.451. The van der Waals surface area contributed by atoms with Crippen molar-refractivity contribution in [2.75, 3.05) is 0 Å². The van der Waals surface area contributed by atoms with Crippen LogP contribution in [0.15, 0.2) is 65.1 Å². The van der Waals surface area contributed by atoms with Crippen LogP contribution in [0.25, 0.3) is 22.0 Å². The lowest BCUT2D eigenvalue weighted by molar-refractivity contribution is 0.247. The molecule has 1 aliphatic carbocycles. The molecule has 32 heavy (non-hydrogen) atoms. The maximum atomic E-state index is 4.87. The largest absolute Gasteiger partial charge is 0.299 e. The van der Waals surface area contributed by atoms with Gasteiger partial charge in [0.1, 0.15) is 5.01 Å². The molecule has 2 heterocycles. The number of thiazole rings is 1. The van der Waals surface area contributed by atoms with E-state index in [0.29, 0.717) is 12.0 Å². The smallest absolute Gasteiger partial charge is 0.192 e. The Kier molecular flexibility index (Phi) is 6.42. The van der Waals surface area contributed by atoms with Gasteiger partial charge in [-0.3, -0.25) is 4.57 Å². The first kappa shape index (κ1) is 21.4. The van der Waals surface area contributed by atoms with Crippen molar-refractivity contribution in [3.63, 3.8) is 0 Å². The topological polar surface area (TPSA) is 43.6 Å². The number of aromatic nitrogens is 4. The van der Waals surface area contributed by atoms with Crippen molar-refractivity contribution in [2.45, 2.75) is 56.5 Å². The predicted octanol–water partition coefficient (Wildman–Crippen LogP) is 7.42. The van der Waals surface area contributed by atoms with E-state index in [4.69, 9.17) is 4.98 Å². The molecule has 5 rings (SSSR count). The van der Waals surface area contributed by atoms with Crippen molar-refractivity contribution in [1.29, 1.82) is 0 Å². The van der Waals surface area contributed by atoms with Crippen molar-refractivity contribution in [1.82, 2.24) is 19.7 Å². The normalized spacial score (nSPS) is 18.7. The van der Waals surface area contributed by atoms with Gasteiger partial charge in [-0.2, -0.15) is 0 Å². The average Bonchev–Trinajstić information content (AvgIpc) is 3.46. The summed E-state index contributed by atoms with van der Waals surface area (Å²) in [5, 5.41) is 13.6. The van der Waals surface area contributed by atoms with Crippen LogP contribution < -0.4 is 0 Å². The van der Waals surface area contributed by atoms with Crippen LogP contribution in [-0.4, -0.2) is 19.7 Å². The molecule has 0 spiro atoms. The van der Waals surface area contributed by atoms with Gasteiger partial charge in [-0.1, -0.05) is 85.6 Å². The summed E-state index contributed by atoms with van der Waals surface area (Å²) in [7, 11) is 0. The van der Waals surface area contributed by atoms with Gasteiger partial charge >= 0.3 is 0 Å². The van der Waals surface area contributed by atoms with Crippen LogP contribution >= 0.6 is 23.1 Å². The first-order chi connectivity index (χ1) is 15.7. The molecule has 0 radical (unpaired) electrons. The van der Waals surface area contributed by atoms with Gasteiger partial charge < -0.3 is 0 Å². The second-order valence-corrected chi connectivity index (χ2v) is 10.5. The monoisotopic (exact) mass is 460 g/mol. The fourth-order valence-corrected chi connectivity index (χ4v) is 6.38. The van der Waals surface area contributed by atoms with Gasteiger partial charge in [0.2, 0.25) is 0 Å². The van der Waals surface area contributed by atoms with Crippen molar-refractivity contribution in [2.24, 2.45) is 5.92 Å². The molecule has 0 bridgehead atoms. The minimum atomic E-state index is 0.451. The lowest BCUT2D eigenvalue weighted by Gasteiger charge is -2.31. The van der Waals surface area contributed by atoms with E-state index in [1.54, 1.807) is 23.1 Å². The lowest BCUT2D eigenvalue weighted by Crippen LogP contribution is -2.22.